The summed E-state index contributed by atoms with van der Waals surface area (Å²) in [6, 6.07) is -1.23. The molecule has 1 aliphatic heterocycles. The van der Waals surface area contributed by atoms with E-state index in [0.29, 0.717) is 0 Å². The zero-order chi connectivity index (χ0) is 16.0. The Morgan fingerprint density at radius 1 is 1.29 bits per heavy atom. The standard InChI is InChI=1S/C13H20N2O5S/c1-3-5-14(6-4-2)13(18)15-7-8-21(19,20)10-11(15)9-12(16)17/h3-4,11H,1-2,5-10H2,(H,16,17). The highest BCUT2D eigenvalue weighted by Gasteiger charge is 2.36. The predicted octanol–water partition coefficient (Wildman–Crippen LogP) is 0.354. The van der Waals surface area contributed by atoms with Crippen LogP contribution in [-0.2, 0) is 14.6 Å². The zero-order valence-electron chi connectivity index (χ0n) is 11.8. The number of carboxylic acid groups (broad SMARTS) is 1. The minimum atomic E-state index is -3.31. The lowest BCUT2D eigenvalue weighted by Crippen LogP contribution is -2.56. The normalized spacial score (nSPS) is 20.6. The third-order valence-electron chi connectivity index (χ3n) is 3.16. The second-order valence-electron chi connectivity index (χ2n) is 4.82. The molecule has 1 fully saturated rings. The second kappa shape index (κ2) is 7.26. The number of sulfone groups is 1. The molecule has 1 aliphatic rings. The molecule has 0 saturated carbocycles. The van der Waals surface area contributed by atoms with Crippen LogP contribution in [0.2, 0.25) is 0 Å². The van der Waals surface area contributed by atoms with Crippen molar-refractivity contribution in [1.82, 2.24) is 9.80 Å². The van der Waals surface area contributed by atoms with E-state index in [-0.39, 0.29) is 37.6 Å². The number of urea groups is 1. The Morgan fingerprint density at radius 2 is 1.86 bits per heavy atom. The van der Waals surface area contributed by atoms with Crippen LogP contribution in [0.1, 0.15) is 6.42 Å². The van der Waals surface area contributed by atoms with Gasteiger partial charge in [-0.25, -0.2) is 13.2 Å². The monoisotopic (exact) mass is 316 g/mol. The number of hydrogen-bond acceptors (Lipinski definition) is 4. The van der Waals surface area contributed by atoms with E-state index in [4.69, 9.17) is 5.11 Å². The van der Waals surface area contributed by atoms with Crippen LogP contribution in [-0.4, -0.2) is 72.5 Å². The van der Waals surface area contributed by atoms with E-state index in [1.165, 1.54) is 9.80 Å². The molecule has 1 saturated heterocycles. The zero-order valence-corrected chi connectivity index (χ0v) is 12.6. The summed E-state index contributed by atoms with van der Waals surface area (Å²) in [7, 11) is -3.31. The first-order valence-corrected chi connectivity index (χ1v) is 8.32. The Hall–Kier alpha value is -1.83. The highest BCUT2D eigenvalue weighted by Crippen LogP contribution is 2.17. The van der Waals surface area contributed by atoms with Crippen molar-refractivity contribution in [3.05, 3.63) is 25.3 Å². The van der Waals surface area contributed by atoms with Crippen LogP contribution in [0.15, 0.2) is 25.3 Å². The SMILES string of the molecule is C=CCN(CC=C)C(=O)N1CCS(=O)(=O)CC1CC(=O)O. The quantitative estimate of drug-likeness (QED) is 0.714. The van der Waals surface area contributed by atoms with Gasteiger partial charge in [0.2, 0.25) is 0 Å². The van der Waals surface area contributed by atoms with E-state index in [9.17, 15) is 18.0 Å². The van der Waals surface area contributed by atoms with Crippen LogP contribution in [0.5, 0.6) is 0 Å². The third-order valence-corrected chi connectivity index (χ3v) is 4.85. The number of carboxylic acids is 1. The summed E-state index contributed by atoms with van der Waals surface area (Å²) in [6.07, 6.45) is 2.71. The number of carbonyl (C=O) groups excluding carboxylic acids is 1. The molecule has 8 heteroatoms. The molecule has 21 heavy (non-hydrogen) atoms. The fraction of sp³-hybridized carbons (Fsp3) is 0.538. The van der Waals surface area contributed by atoms with Gasteiger partial charge in [0.15, 0.2) is 9.84 Å². The molecule has 0 aromatic carbocycles. The molecule has 0 spiro atoms. The van der Waals surface area contributed by atoms with E-state index in [2.05, 4.69) is 13.2 Å². The highest BCUT2D eigenvalue weighted by molar-refractivity contribution is 7.91. The maximum Gasteiger partial charge on any atom is 0.320 e. The van der Waals surface area contributed by atoms with Gasteiger partial charge in [-0.3, -0.25) is 4.79 Å². The number of carbonyl (C=O) groups is 2. The lowest BCUT2D eigenvalue weighted by molar-refractivity contribution is -0.138. The first kappa shape index (κ1) is 17.2. The Morgan fingerprint density at radius 3 is 2.33 bits per heavy atom. The van der Waals surface area contributed by atoms with Crippen molar-refractivity contribution in [2.75, 3.05) is 31.1 Å². The van der Waals surface area contributed by atoms with Gasteiger partial charge in [0.25, 0.3) is 0 Å². The van der Waals surface area contributed by atoms with Crippen LogP contribution >= 0.6 is 0 Å². The number of rotatable bonds is 6. The molecule has 0 radical (unpaired) electrons. The van der Waals surface area contributed by atoms with Gasteiger partial charge in [0, 0.05) is 19.6 Å². The van der Waals surface area contributed by atoms with Gasteiger partial charge in [-0.2, -0.15) is 0 Å². The van der Waals surface area contributed by atoms with Crippen molar-refractivity contribution in [3.8, 4) is 0 Å². The molecule has 2 amide bonds. The lowest BCUT2D eigenvalue weighted by atomic mass is 10.2. The van der Waals surface area contributed by atoms with Crippen LogP contribution < -0.4 is 0 Å². The molecule has 1 N–H and O–H groups in total. The van der Waals surface area contributed by atoms with Crippen molar-refractivity contribution < 1.29 is 23.1 Å². The van der Waals surface area contributed by atoms with Gasteiger partial charge >= 0.3 is 12.0 Å². The van der Waals surface area contributed by atoms with Crippen molar-refractivity contribution in [1.29, 1.82) is 0 Å². The van der Waals surface area contributed by atoms with Gasteiger partial charge in [-0.1, -0.05) is 12.2 Å². The predicted molar refractivity (Wildman–Crippen MR) is 78.8 cm³/mol. The number of aliphatic carboxylic acids is 1. The van der Waals surface area contributed by atoms with E-state index < -0.39 is 27.9 Å². The van der Waals surface area contributed by atoms with Crippen LogP contribution in [0.4, 0.5) is 4.79 Å². The van der Waals surface area contributed by atoms with E-state index in [1.54, 1.807) is 12.2 Å². The first-order valence-electron chi connectivity index (χ1n) is 6.50. The molecular formula is C13H20N2O5S. The van der Waals surface area contributed by atoms with Gasteiger partial charge in [-0.05, 0) is 0 Å². The fourth-order valence-electron chi connectivity index (χ4n) is 2.23. The highest BCUT2D eigenvalue weighted by atomic mass is 32.2. The Bertz CT molecular complexity index is 519. The molecule has 0 bridgehead atoms. The molecule has 0 aromatic heterocycles. The Balaban J connectivity index is 2.94. The summed E-state index contributed by atoms with van der Waals surface area (Å²) in [5.74, 6) is -1.60. The molecule has 118 valence electrons. The maximum atomic E-state index is 12.4. The molecule has 0 aliphatic carbocycles. The minimum absolute atomic E-state index is 0.00387. The van der Waals surface area contributed by atoms with Crippen molar-refractivity contribution in [2.24, 2.45) is 0 Å². The summed E-state index contributed by atoms with van der Waals surface area (Å²) >= 11 is 0. The molecule has 7 nitrogen and oxygen atoms in total. The van der Waals surface area contributed by atoms with Crippen molar-refractivity contribution in [3.63, 3.8) is 0 Å². The average Bonchev–Trinajstić information content (AvgIpc) is 2.36. The number of hydrogen-bond donors (Lipinski definition) is 1. The fourth-order valence-corrected chi connectivity index (χ4v) is 3.76. The lowest BCUT2D eigenvalue weighted by Gasteiger charge is -2.37. The van der Waals surface area contributed by atoms with E-state index in [0.717, 1.165) is 0 Å². The summed E-state index contributed by atoms with van der Waals surface area (Å²) in [5.41, 5.74) is 0. The van der Waals surface area contributed by atoms with Crippen molar-refractivity contribution >= 4 is 21.8 Å². The van der Waals surface area contributed by atoms with E-state index >= 15 is 0 Å². The second-order valence-corrected chi connectivity index (χ2v) is 7.05. The number of amides is 2. The van der Waals surface area contributed by atoms with Gasteiger partial charge in [0.05, 0.1) is 24.0 Å². The summed E-state index contributed by atoms with van der Waals surface area (Å²) < 4.78 is 23.3. The summed E-state index contributed by atoms with van der Waals surface area (Å²) in [5, 5.41) is 8.90. The smallest absolute Gasteiger partial charge is 0.320 e. The largest absolute Gasteiger partial charge is 0.481 e. The third kappa shape index (κ3) is 4.89. The minimum Gasteiger partial charge on any atom is -0.481 e. The number of nitrogens with zero attached hydrogens (tertiary/aromatic N) is 2. The topological polar surface area (TPSA) is 95.0 Å². The summed E-state index contributed by atoms with van der Waals surface area (Å²) in [6.45, 7) is 7.70. The Kier molecular flexibility index (Phi) is 5.95. The van der Waals surface area contributed by atoms with Gasteiger partial charge in [0.1, 0.15) is 0 Å². The molecule has 1 atom stereocenters. The van der Waals surface area contributed by atoms with Crippen LogP contribution in [0.3, 0.4) is 0 Å². The molecule has 1 rings (SSSR count). The molecule has 0 aromatic rings. The molecule has 1 heterocycles. The van der Waals surface area contributed by atoms with Crippen molar-refractivity contribution in [2.45, 2.75) is 12.5 Å². The summed E-state index contributed by atoms with van der Waals surface area (Å²) in [4.78, 5) is 26.1. The van der Waals surface area contributed by atoms with Gasteiger partial charge < -0.3 is 14.9 Å². The van der Waals surface area contributed by atoms with Crippen LogP contribution in [0, 0.1) is 0 Å². The maximum absolute atomic E-state index is 12.4. The first-order chi connectivity index (χ1) is 9.80. The van der Waals surface area contributed by atoms with Gasteiger partial charge in [-0.15, -0.1) is 13.2 Å². The molecule has 1 unspecified atom stereocenters. The average molecular weight is 316 g/mol. The Labute approximate surface area is 124 Å². The molecular weight excluding hydrogens is 296 g/mol. The van der Waals surface area contributed by atoms with E-state index in [1.807, 2.05) is 0 Å². The van der Waals surface area contributed by atoms with Crippen LogP contribution in [0.25, 0.3) is 0 Å².